The van der Waals surface area contributed by atoms with Gasteiger partial charge >= 0.3 is 0 Å². The summed E-state index contributed by atoms with van der Waals surface area (Å²) < 4.78 is 0. The Bertz CT molecular complexity index is 309. The lowest BCUT2D eigenvalue weighted by molar-refractivity contribution is 0.101. The third-order valence-electron chi connectivity index (χ3n) is 1.53. The SMILES string of the molecule is C=CC(=C)C.CC(=O)c1ccccc1. The second-order valence-electron chi connectivity index (χ2n) is 2.97. The van der Waals surface area contributed by atoms with Gasteiger partial charge in [0.05, 0.1) is 0 Å². The minimum atomic E-state index is 0.121. The van der Waals surface area contributed by atoms with Crippen molar-refractivity contribution in [1.82, 2.24) is 0 Å². The monoisotopic (exact) mass is 188 g/mol. The van der Waals surface area contributed by atoms with Gasteiger partial charge in [0.15, 0.2) is 5.78 Å². The summed E-state index contributed by atoms with van der Waals surface area (Å²) in [5.41, 5.74) is 1.79. The molecule has 0 saturated carbocycles. The molecule has 0 amide bonds. The van der Waals surface area contributed by atoms with Gasteiger partial charge in [0.1, 0.15) is 0 Å². The topological polar surface area (TPSA) is 17.1 Å². The van der Waals surface area contributed by atoms with Crippen LogP contribution in [0.2, 0.25) is 0 Å². The number of ketones is 1. The predicted molar refractivity (Wildman–Crippen MR) is 61.5 cm³/mol. The lowest BCUT2D eigenvalue weighted by Gasteiger charge is -1.89. The fourth-order valence-corrected chi connectivity index (χ4v) is 0.673. The zero-order valence-electron chi connectivity index (χ0n) is 8.79. The van der Waals surface area contributed by atoms with E-state index in [2.05, 4.69) is 13.2 Å². The van der Waals surface area contributed by atoms with E-state index in [4.69, 9.17) is 0 Å². The number of carbonyl (C=O) groups is 1. The summed E-state index contributed by atoms with van der Waals surface area (Å²) in [6, 6.07) is 9.23. The first kappa shape index (κ1) is 12.4. The van der Waals surface area contributed by atoms with Crippen LogP contribution in [0.1, 0.15) is 24.2 Å². The summed E-state index contributed by atoms with van der Waals surface area (Å²) in [5, 5.41) is 0. The summed E-state index contributed by atoms with van der Waals surface area (Å²) >= 11 is 0. The highest BCUT2D eigenvalue weighted by molar-refractivity contribution is 5.93. The molecule has 1 aromatic rings. The maximum absolute atomic E-state index is 10.6. The van der Waals surface area contributed by atoms with Gasteiger partial charge in [-0.1, -0.05) is 55.1 Å². The Morgan fingerprint density at radius 3 is 1.86 bits per heavy atom. The molecule has 14 heavy (non-hydrogen) atoms. The number of carbonyl (C=O) groups excluding carboxylic acids is 1. The van der Waals surface area contributed by atoms with Crippen molar-refractivity contribution in [2.45, 2.75) is 13.8 Å². The zero-order chi connectivity index (χ0) is 11.0. The van der Waals surface area contributed by atoms with E-state index in [9.17, 15) is 4.79 Å². The second-order valence-corrected chi connectivity index (χ2v) is 2.97. The zero-order valence-corrected chi connectivity index (χ0v) is 8.79. The Kier molecular flexibility index (Phi) is 6.04. The second kappa shape index (κ2) is 6.84. The van der Waals surface area contributed by atoms with Crippen molar-refractivity contribution in [2.24, 2.45) is 0 Å². The van der Waals surface area contributed by atoms with E-state index in [-0.39, 0.29) is 5.78 Å². The van der Waals surface area contributed by atoms with E-state index < -0.39 is 0 Å². The highest BCUT2D eigenvalue weighted by Gasteiger charge is 1.92. The maximum atomic E-state index is 10.6. The van der Waals surface area contributed by atoms with Gasteiger partial charge in [0, 0.05) is 5.56 Å². The average molecular weight is 188 g/mol. The molecule has 0 heterocycles. The summed E-state index contributed by atoms with van der Waals surface area (Å²) in [6.45, 7) is 10.5. The Balaban J connectivity index is 0.000000292. The fraction of sp³-hybridized carbons (Fsp3) is 0.154. The van der Waals surface area contributed by atoms with E-state index in [1.165, 1.54) is 0 Å². The third kappa shape index (κ3) is 5.95. The largest absolute Gasteiger partial charge is 0.295 e. The molecule has 0 aliphatic carbocycles. The summed E-state index contributed by atoms with van der Waals surface area (Å²) in [4.78, 5) is 10.6. The van der Waals surface area contributed by atoms with Crippen LogP contribution < -0.4 is 0 Å². The predicted octanol–water partition coefficient (Wildman–Crippen LogP) is 3.64. The van der Waals surface area contributed by atoms with Gasteiger partial charge < -0.3 is 0 Å². The van der Waals surface area contributed by atoms with Crippen molar-refractivity contribution < 1.29 is 4.79 Å². The van der Waals surface area contributed by atoms with E-state index >= 15 is 0 Å². The molecule has 1 nitrogen and oxygen atoms in total. The Morgan fingerprint density at radius 1 is 1.21 bits per heavy atom. The highest BCUT2D eigenvalue weighted by atomic mass is 16.1. The van der Waals surface area contributed by atoms with E-state index in [0.717, 1.165) is 11.1 Å². The molecule has 0 saturated heterocycles. The Hall–Kier alpha value is -1.63. The van der Waals surface area contributed by atoms with Gasteiger partial charge in [-0.15, -0.1) is 0 Å². The average Bonchev–Trinajstić information content (AvgIpc) is 2.20. The smallest absolute Gasteiger partial charge is 0.159 e. The quantitative estimate of drug-likeness (QED) is 0.511. The number of allylic oxidation sites excluding steroid dienone is 2. The molecule has 0 bridgehead atoms. The molecule has 74 valence electrons. The summed E-state index contributed by atoms with van der Waals surface area (Å²) in [6.07, 6.45) is 1.72. The van der Waals surface area contributed by atoms with Gasteiger partial charge in [-0.2, -0.15) is 0 Å². The molecule has 0 radical (unpaired) electrons. The van der Waals surface area contributed by atoms with Gasteiger partial charge in [-0.3, -0.25) is 4.79 Å². The van der Waals surface area contributed by atoms with Crippen LogP contribution in [-0.4, -0.2) is 5.78 Å². The molecule has 0 N–H and O–H groups in total. The van der Waals surface area contributed by atoms with Crippen molar-refractivity contribution in [2.75, 3.05) is 0 Å². The molecule has 1 rings (SSSR count). The van der Waals surface area contributed by atoms with Crippen molar-refractivity contribution in [3.63, 3.8) is 0 Å². The molecule has 0 aliphatic rings. The van der Waals surface area contributed by atoms with Crippen molar-refractivity contribution in [3.05, 3.63) is 60.7 Å². The third-order valence-corrected chi connectivity index (χ3v) is 1.53. The van der Waals surface area contributed by atoms with Gasteiger partial charge in [-0.25, -0.2) is 0 Å². The van der Waals surface area contributed by atoms with Crippen LogP contribution in [-0.2, 0) is 0 Å². The molecule has 0 fully saturated rings. The van der Waals surface area contributed by atoms with E-state index in [1.54, 1.807) is 13.0 Å². The molecule has 0 spiro atoms. The maximum Gasteiger partial charge on any atom is 0.159 e. The molecule has 1 heteroatoms. The molecule has 0 unspecified atom stereocenters. The van der Waals surface area contributed by atoms with Crippen molar-refractivity contribution in [3.8, 4) is 0 Å². The number of hydrogen-bond donors (Lipinski definition) is 0. The molecule has 0 aliphatic heterocycles. The van der Waals surface area contributed by atoms with Gasteiger partial charge in [0.25, 0.3) is 0 Å². The van der Waals surface area contributed by atoms with E-state index in [1.807, 2.05) is 37.3 Å². The van der Waals surface area contributed by atoms with Crippen LogP contribution in [0.25, 0.3) is 0 Å². The number of Topliss-reactive ketones (excluding diaryl/α,β-unsaturated/α-hetero) is 1. The van der Waals surface area contributed by atoms with Crippen LogP contribution in [0, 0.1) is 0 Å². The minimum Gasteiger partial charge on any atom is -0.295 e. The first-order valence-corrected chi connectivity index (χ1v) is 4.42. The first-order chi connectivity index (χ1) is 6.57. The molecule has 1 aromatic carbocycles. The van der Waals surface area contributed by atoms with E-state index in [0.29, 0.717) is 0 Å². The number of benzene rings is 1. The molecular weight excluding hydrogens is 172 g/mol. The lowest BCUT2D eigenvalue weighted by atomic mass is 10.2. The Morgan fingerprint density at radius 2 is 1.64 bits per heavy atom. The number of hydrogen-bond acceptors (Lipinski definition) is 1. The lowest BCUT2D eigenvalue weighted by Crippen LogP contribution is -1.88. The summed E-state index contributed by atoms with van der Waals surface area (Å²) in [7, 11) is 0. The van der Waals surface area contributed by atoms with Crippen LogP contribution in [0.4, 0.5) is 0 Å². The minimum absolute atomic E-state index is 0.121. The van der Waals surface area contributed by atoms with Crippen LogP contribution >= 0.6 is 0 Å². The standard InChI is InChI=1S/C8H8O.C5H8/c1-7(9)8-5-3-2-4-6-8;1-4-5(2)3/h2-6H,1H3;4H,1-2H2,3H3. The van der Waals surface area contributed by atoms with Crippen LogP contribution in [0.15, 0.2) is 55.1 Å². The number of rotatable bonds is 2. The van der Waals surface area contributed by atoms with Gasteiger partial charge in [-0.05, 0) is 13.8 Å². The van der Waals surface area contributed by atoms with Crippen LogP contribution in [0.3, 0.4) is 0 Å². The van der Waals surface area contributed by atoms with Gasteiger partial charge in [0.2, 0.25) is 0 Å². The van der Waals surface area contributed by atoms with Crippen molar-refractivity contribution in [1.29, 1.82) is 0 Å². The van der Waals surface area contributed by atoms with Crippen LogP contribution in [0.5, 0.6) is 0 Å². The molecule has 0 atom stereocenters. The summed E-state index contributed by atoms with van der Waals surface area (Å²) in [5.74, 6) is 0.121. The Labute approximate surface area is 85.8 Å². The molecule has 0 aromatic heterocycles. The normalized spacial score (nSPS) is 8.14. The highest BCUT2D eigenvalue weighted by Crippen LogP contribution is 1.97. The molecular formula is C13H16O. The first-order valence-electron chi connectivity index (χ1n) is 4.42. The fourth-order valence-electron chi connectivity index (χ4n) is 0.673. The van der Waals surface area contributed by atoms with Crippen molar-refractivity contribution >= 4 is 5.78 Å².